The fourth-order valence-corrected chi connectivity index (χ4v) is 4.35. The molecule has 1 saturated heterocycles. The fourth-order valence-electron chi connectivity index (χ4n) is 1.73. The van der Waals surface area contributed by atoms with Crippen LogP contribution >= 0.6 is 23.5 Å². The number of aliphatic carboxylic acids is 1. The average Bonchev–Trinajstić information content (AvgIpc) is 2.91. The summed E-state index contributed by atoms with van der Waals surface area (Å²) in [6.45, 7) is 6.63. The van der Waals surface area contributed by atoms with Crippen LogP contribution in [0.2, 0.25) is 0 Å². The summed E-state index contributed by atoms with van der Waals surface area (Å²) in [4.78, 5) is 46.5. The Kier molecular flexibility index (Phi) is 12.4. The number of ether oxygens (including phenoxy) is 3. The van der Waals surface area contributed by atoms with Crippen LogP contribution in [0.3, 0.4) is 0 Å². The molecule has 0 aromatic rings. The molecule has 11 heteroatoms. The molecule has 8 nitrogen and oxygen atoms in total. The summed E-state index contributed by atoms with van der Waals surface area (Å²) in [6.07, 6.45) is -1.57. The second kappa shape index (κ2) is 12.7. The first-order valence-electron chi connectivity index (χ1n) is 7.95. The van der Waals surface area contributed by atoms with E-state index in [2.05, 4.69) is 0 Å². The zero-order valence-corrected chi connectivity index (χ0v) is 19.6. The van der Waals surface area contributed by atoms with Crippen LogP contribution in [-0.2, 0) is 33.4 Å². The summed E-state index contributed by atoms with van der Waals surface area (Å²) in [7, 11) is 0. The van der Waals surface area contributed by atoms with E-state index in [4.69, 9.17) is 14.2 Å². The van der Waals surface area contributed by atoms with Crippen molar-refractivity contribution in [1.29, 1.82) is 0 Å². The maximum Gasteiger partial charge on any atom is 1.00 e. The summed E-state index contributed by atoms with van der Waals surface area (Å²) < 4.78 is 15.7. The Hall–Kier alpha value is -0.680. The molecule has 0 radical (unpaired) electrons. The van der Waals surface area contributed by atoms with Gasteiger partial charge < -0.3 is 24.1 Å². The van der Waals surface area contributed by atoms with Gasteiger partial charge in [-0.1, -0.05) is 11.8 Å². The third-order valence-electron chi connectivity index (χ3n) is 2.68. The predicted molar refractivity (Wildman–Crippen MR) is 93.7 cm³/mol. The zero-order valence-electron chi connectivity index (χ0n) is 15.9. The second-order valence-electron chi connectivity index (χ2n) is 5.79. The second-order valence-corrected chi connectivity index (χ2v) is 8.25. The first kappa shape index (κ1) is 26.3. The van der Waals surface area contributed by atoms with Gasteiger partial charge >= 0.3 is 47.5 Å². The number of carboxylic acids is 1. The van der Waals surface area contributed by atoms with E-state index in [0.717, 1.165) is 11.8 Å². The van der Waals surface area contributed by atoms with E-state index in [1.807, 2.05) is 0 Å². The number of rotatable bonds is 8. The van der Waals surface area contributed by atoms with Gasteiger partial charge in [0.25, 0.3) is 0 Å². The maximum absolute atomic E-state index is 12.3. The molecule has 0 N–H and O–H groups in total. The van der Waals surface area contributed by atoms with Gasteiger partial charge in [0.15, 0.2) is 11.0 Å². The van der Waals surface area contributed by atoms with Crippen molar-refractivity contribution in [3.63, 3.8) is 0 Å². The van der Waals surface area contributed by atoms with Gasteiger partial charge in [-0.05, 0) is 34.1 Å². The average molecular weight is 428 g/mol. The number of carboxylic acid groups (broad SMARTS) is 1. The van der Waals surface area contributed by atoms with Crippen molar-refractivity contribution >= 4 is 47.4 Å². The first-order chi connectivity index (χ1) is 12.1. The molecule has 146 valence electrons. The summed E-state index contributed by atoms with van der Waals surface area (Å²) in [6, 6.07) is 0. The Morgan fingerprint density at radius 3 is 2.00 bits per heavy atom. The van der Waals surface area contributed by atoms with E-state index in [0.29, 0.717) is 9.99 Å². The summed E-state index contributed by atoms with van der Waals surface area (Å²) in [5.74, 6) is -3.32. The zero-order chi connectivity index (χ0) is 19.9. The Morgan fingerprint density at radius 2 is 1.56 bits per heavy atom. The molecule has 0 saturated carbocycles. The van der Waals surface area contributed by atoms with Gasteiger partial charge in [0, 0.05) is 11.7 Å². The third kappa shape index (κ3) is 9.89. The minimum atomic E-state index is -1.34. The molecular weight excluding hydrogens is 407 g/mol. The van der Waals surface area contributed by atoms with Crippen LogP contribution in [0.25, 0.3) is 0 Å². The Morgan fingerprint density at radius 1 is 1.04 bits per heavy atom. The van der Waals surface area contributed by atoms with E-state index in [9.17, 15) is 24.3 Å². The normalized spacial score (nSPS) is 15.9. The molecule has 1 fully saturated rings. The van der Waals surface area contributed by atoms with Crippen LogP contribution in [0, 0.1) is 0 Å². The molecule has 0 aromatic heterocycles. The Labute approximate surface area is 188 Å². The predicted octanol–water partition coefficient (Wildman–Crippen LogP) is -2.02. The van der Waals surface area contributed by atoms with Gasteiger partial charge in [-0.3, -0.25) is 4.79 Å². The minimum Gasteiger partial charge on any atom is -0.550 e. The largest absolute Gasteiger partial charge is 1.00 e. The van der Waals surface area contributed by atoms with Gasteiger partial charge in [0.05, 0.1) is 22.9 Å². The molecule has 27 heavy (non-hydrogen) atoms. The van der Waals surface area contributed by atoms with Crippen molar-refractivity contribution in [2.45, 2.75) is 58.2 Å². The summed E-state index contributed by atoms with van der Waals surface area (Å²) >= 11 is 2.20. The SMILES string of the molecule is CC(C)OC(=O)C(C(=O)OC(C)C)=C1SCC(OC(=O)CCC(=O)[O-])S1.[Na+]. The standard InChI is InChI=1S/C16H22O8S2.Na/c1-8(2)22-14(20)13(15(21)23-9(3)4)16-25-7-12(26-16)24-11(19)6-5-10(17)18;/h8-9,12H,5-7H2,1-4H3,(H,17,18);/q;+1/p-1. The van der Waals surface area contributed by atoms with E-state index >= 15 is 0 Å². The molecule has 1 rings (SSSR count). The molecular formula is C16H21NaO8S2. The van der Waals surface area contributed by atoms with Crippen LogP contribution in [0.1, 0.15) is 40.5 Å². The minimum absolute atomic E-state index is 0. The maximum atomic E-state index is 12.3. The van der Waals surface area contributed by atoms with E-state index in [1.165, 1.54) is 11.8 Å². The van der Waals surface area contributed by atoms with Crippen LogP contribution in [-0.4, -0.2) is 47.3 Å². The van der Waals surface area contributed by atoms with Gasteiger partial charge in [-0.15, -0.1) is 11.8 Å². The van der Waals surface area contributed by atoms with Crippen LogP contribution in [0.4, 0.5) is 0 Å². The molecule has 0 amide bonds. The smallest absolute Gasteiger partial charge is 0.550 e. The first-order valence-corrected chi connectivity index (χ1v) is 9.81. The van der Waals surface area contributed by atoms with Crippen molar-refractivity contribution in [3.8, 4) is 0 Å². The van der Waals surface area contributed by atoms with Crippen LogP contribution < -0.4 is 34.7 Å². The van der Waals surface area contributed by atoms with Crippen LogP contribution in [0.15, 0.2) is 9.81 Å². The van der Waals surface area contributed by atoms with Crippen molar-refractivity contribution in [3.05, 3.63) is 9.81 Å². The fraction of sp³-hybridized carbons (Fsp3) is 0.625. The molecule has 1 unspecified atom stereocenters. The molecule has 1 heterocycles. The molecule has 0 spiro atoms. The van der Waals surface area contributed by atoms with E-state index in [-0.39, 0.29) is 41.6 Å². The number of hydrogen-bond acceptors (Lipinski definition) is 10. The molecule has 1 aliphatic rings. The monoisotopic (exact) mass is 428 g/mol. The Balaban J connectivity index is 0.00000676. The van der Waals surface area contributed by atoms with E-state index < -0.39 is 47.9 Å². The number of hydrogen-bond donors (Lipinski definition) is 0. The Bertz CT molecular complexity index is 579. The summed E-state index contributed by atoms with van der Waals surface area (Å²) in [5, 5.41) is 10.4. The van der Waals surface area contributed by atoms with E-state index in [1.54, 1.807) is 27.7 Å². The molecule has 1 atom stereocenters. The molecule has 0 bridgehead atoms. The number of thioether (sulfide) groups is 2. The van der Waals surface area contributed by atoms with Gasteiger partial charge in [0.1, 0.15) is 0 Å². The number of esters is 3. The molecule has 1 aliphatic heterocycles. The van der Waals surface area contributed by atoms with Crippen molar-refractivity contribution in [2.24, 2.45) is 0 Å². The van der Waals surface area contributed by atoms with Crippen molar-refractivity contribution in [1.82, 2.24) is 0 Å². The molecule has 0 aromatic carbocycles. The van der Waals surface area contributed by atoms with Crippen molar-refractivity contribution in [2.75, 3.05) is 5.75 Å². The van der Waals surface area contributed by atoms with Gasteiger partial charge in [-0.25, -0.2) is 9.59 Å². The van der Waals surface area contributed by atoms with Crippen LogP contribution in [0.5, 0.6) is 0 Å². The summed E-state index contributed by atoms with van der Waals surface area (Å²) in [5.41, 5.74) is -0.867. The van der Waals surface area contributed by atoms with Crippen molar-refractivity contribution < 1.29 is 68.1 Å². The quantitative estimate of drug-likeness (QED) is 0.107. The topological polar surface area (TPSA) is 119 Å². The number of carbonyl (C=O) groups excluding carboxylic acids is 4. The third-order valence-corrected chi connectivity index (χ3v) is 5.42. The number of carbonyl (C=O) groups is 4. The molecule has 0 aliphatic carbocycles. The van der Waals surface area contributed by atoms with Gasteiger partial charge in [0.2, 0.25) is 0 Å². The van der Waals surface area contributed by atoms with Gasteiger partial charge in [-0.2, -0.15) is 0 Å².